The molecule has 1 aromatic heterocycles. The zero-order valence-corrected chi connectivity index (χ0v) is 25.8. The number of rotatable bonds is 6. The first-order valence-electron chi connectivity index (χ1n) is 15.9. The molecule has 5 aromatic carbocycles. The number of hydrogen-bond donors (Lipinski definition) is 1. The van der Waals surface area contributed by atoms with Crippen LogP contribution in [0.15, 0.2) is 151 Å². The van der Waals surface area contributed by atoms with Gasteiger partial charge in [0, 0.05) is 44.5 Å². The van der Waals surface area contributed by atoms with Crippen LogP contribution in [-0.4, -0.2) is 15.0 Å². The number of aromatic nitrogens is 3. The predicted octanol–water partition coefficient (Wildman–Crippen LogP) is 9.94. The summed E-state index contributed by atoms with van der Waals surface area (Å²) in [5, 5.41) is 3.76. The van der Waals surface area contributed by atoms with Crippen LogP contribution in [-0.2, 0) is 10.8 Å². The van der Waals surface area contributed by atoms with Gasteiger partial charge in [0.25, 0.3) is 0 Å². The van der Waals surface area contributed by atoms with Gasteiger partial charge in [0.2, 0.25) is 0 Å². The first-order valence-corrected chi connectivity index (χ1v) is 15.9. The Bertz CT molecular complexity index is 2170. The first kappa shape index (κ1) is 26.8. The summed E-state index contributed by atoms with van der Waals surface area (Å²) in [6.07, 6.45) is 3.50. The van der Waals surface area contributed by atoms with Crippen molar-refractivity contribution in [1.82, 2.24) is 15.0 Å². The second-order valence-electron chi connectivity index (χ2n) is 12.9. The van der Waals surface area contributed by atoms with Gasteiger partial charge < -0.3 is 5.32 Å². The molecular formula is C42H32N4. The highest BCUT2D eigenvalue weighted by molar-refractivity contribution is 6.02. The molecule has 9 rings (SSSR count). The van der Waals surface area contributed by atoms with E-state index in [1.54, 1.807) is 5.57 Å². The number of benzene rings is 5. The van der Waals surface area contributed by atoms with Gasteiger partial charge in [-0.25, -0.2) is 15.0 Å². The summed E-state index contributed by atoms with van der Waals surface area (Å²) in [4.78, 5) is 14.7. The Labute approximate surface area is 269 Å². The van der Waals surface area contributed by atoms with Gasteiger partial charge in [-0.15, -0.1) is 0 Å². The van der Waals surface area contributed by atoms with Gasteiger partial charge >= 0.3 is 0 Å². The summed E-state index contributed by atoms with van der Waals surface area (Å²) in [6, 6.07) is 46.3. The van der Waals surface area contributed by atoms with Crippen molar-refractivity contribution in [3.05, 3.63) is 167 Å². The van der Waals surface area contributed by atoms with Crippen LogP contribution in [0.5, 0.6) is 0 Å². The number of nitrogens with zero attached hydrogens (tertiary/aromatic N) is 3. The van der Waals surface area contributed by atoms with Crippen molar-refractivity contribution in [2.75, 3.05) is 5.32 Å². The summed E-state index contributed by atoms with van der Waals surface area (Å²) in [5.41, 5.74) is 13.8. The average Bonchev–Trinajstić information content (AvgIpc) is 3.57. The lowest BCUT2D eigenvalue weighted by Gasteiger charge is -2.21. The van der Waals surface area contributed by atoms with Crippen LogP contribution in [0.1, 0.15) is 37.0 Å². The Hall–Kier alpha value is -5.61. The fourth-order valence-corrected chi connectivity index (χ4v) is 7.91. The zero-order chi connectivity index (χ0) is 30.9. The lowest BCUT2D eigenvalue weighted by atomic mass is 9.83. The van der Waals surface area contributed by atoms with Crippen molar-refractivity contribution >= 4 is 16.9 Å². The van der Waals surface area contributed by atoms with Crippen molar-refractivity contribution in [2.24, 2.45) is 0 Å². The Morgan fingerprint density at radius 3 is 1.83 bits per heavy atom. The number of fused-ring (bicyclic) bond motifs is 1. The molecule has 220 valence electrons. The van der Waals surface area contributed by atoms with Crippen molar-refractivity contribution < 1.29 is 0 Å². The molecule has 0 amide bonds. The third-order valence-corrected chi connectivity index (χ3v) is 9.92. The molecule has 1 spiro atoms. The van der Waals surface area contributed by atoms with E-state index in [1.807, 2.05) is 60.7 Å². The van der Waals surface area contributed by atoms with E-state index in [-0.39, 0.29) is 10.8 Å². The molecule has 1 unspecified atom stereocenters. The highest BCUT2D eigenvalue weighted by Gasteiger charge is 2.67. The first-order chi connectivity index (χ1) is 22.5. The molecule has 6 aromatic rings. The van der Waals surface area contributed by atoms with Crippen molar-refractivity contribution in [3.63, 3.8) is 0 Å². The average molecular weight is 593 g/mol. The second-order valence-corrected chi connectivity index (χ2v) is 12.9. The van der Waals surface area contributed by atoms with Crippen LogP contribution in [0, 0.1) is 0 Å². The predicted molar refractivity (Wildman–Crippen MR) is 187 cm³/mol. The van der Waals surface area contributed by atoms with Gasteiger partial charge in [-0.1, -0.05) is 135 Å². The summed E-state index contributed by atoms with van der Waals surface area (Å²) in [7, 11) is 0. The van der Waals surface area contributed by atoms with Crippen LogP contribution in [0.25, 0.3) is 39.7 Å². The Morgan fingerprint density at radius 1 is 0.565 bits per heavy atom. The lowest BCUT2D eigenvalue weighted by molar-refractivity contribution is 0.638. The second kappa shape index (κ2) is 9.95. The maximum Gasteiger partial charge on any atom is 0.164 e. The van der Waals surface area contributed by atoms with Gasteiger partial charge in [-0.2, -0.15) is 0 Å². The normalized spacial score (nSPS) is 18.4. The molecule has 3 aliphatic rings. The van der Waals surface area contributed by atoms with Gasteiger partial charge in [0.1, 0.15) is 0 Å². The molecule has 0 fully saturated rings. The van der Waals surface area contributed by atoms with Crippen LogP contribution in [0.3, 0.4) is 0 Å². The number of hydrogen-bond acceptors (Lipinski definition) is 4. The highest BCUT2D eigenvalue weighted by Crippen LogP contribution is 2.76. The Balaban J connectivity index is 1.07. The summed E-state index contributed by atoms with van der Waals surface area (Å²) < 4.78 is 0. The van der Waals surface area contributed by atoms with E-state index < -0.39 is 0 Å². The molecule has 46 heavy (non-hydrogen) atoms. The molecule has 0 bridgehead atoms. The van der Waals surface area contributed by atoms with E-state index in [9.17, 15) is 0 Å². The molecule has 1 N–H and O–H groups in total. The molecule has 1 heterocycles. The minimum Gasteiger partial charge on any atom is -0.355 e. The smallest absolute Gasteiger partial charge is 0.164 e. The lowest BCUT2D eigenvalue weighted by Crippen LogP contribution is -2.13. The largest absolute Gasteiger partial charge is 0.355 e. The fourth-order valence-electron chi connectivity index (χ4n) is 7.91. The van der Waals surface area contributed by atoms with Crippen LogP contribution < -0.4 is 5.32 Å². The third kappa shape index (κ3) is 3.96. The molecule has 4 nitrogen and oxygen atoms in total. The van der Waals surface area contributed by atoms with E-state index in [2.05, 4.69) is 98.0 Å². The maximum absolute atomic E-state index is 4.94. The SMILES string of the molecule is CC1(C)C2=C3C(c4ccccc4Nc4cccc(-c5nc(-c6ccccc6)nc(-c6ccccc6)n5)c4)=CCC32c2ccccc21. The minimum atomic E-state index is 0.0594. The van der Waals surface area contributed by atoms with E-state index in [4.69, 9.17) is 15.0 Å². The van der Waals surface area contributed by atoms with E-state index in [0.717, 1.165) is 34.5 Å². The van der Waals surface area contributed by atoms with Gasteiger partial charge in [-0.05, 0) is 52.5 Å². The quantitative estimate of drug-likeness (QED) is 0.209. The van der Waals surface area contributed by atoms with Gasteiger partial charge in [-0.3, -0.25) is 0 Å². The van der Waals surface area contributed by atoms with Gasteiger partial charge in [0.05, 0.1) is 0 Å². The highest BCUT2D eigenvalue weighted by atomic mass is 15.0. The monoisotopic (exact) mass is 592 g/mol. The molecule has 0 aliphatic heterocycles. The van der Waals surface area contributed by atoms with Crippen LogP contribution >= 0.6 is 0 Å². The van der Waals surface area contributed by atoms with Crippen LogP contribution in [0.4, 0.5) is 11.4 Å². The van der Waals surface area contributed by atoms with Gasteiger partial charge in [0.15, 0.2) is 17.5 Å². The molecule has 1 atom stereocenters. The Kier molecular flexibility index (Phi) is 5.79. The molecule has 3 aliphatic carbocycles. The van der Waals surface area contributed by atoms with E-state index >= 15 is 0 Å². The minimum absolute atomic E-state index is 0.0594. The van der Waals surface area contributed by atoms with Crippen LogP contribution in [0.2, 0.25) is 0 Å². The number of anilines is 2. The van der Waals surface area contributed by atoms with E-state index in [0.29, 0.717) is 17.5 Å². The molecule has 4 heteroatoms. The zero-order valence-electron chi connectivity index (χ0n) is 25.8. The topological polar surface area (TPSA) is 50.7 Å². The number of para-hydroxylation sites is 1. The van der Waals surface area contributed by atoms with E-state index in [1.165, 1.54) is 27.8 Å². The summed E-state index contributed by atoms with van der Waals surface area (Å²) in [5.74, 6) is 1.96. The molecule has 0 saturated carbocycles. The maximum atomic E-state index is 4.94. The fraction of sp³-hybridized carbons (Fsp3) is 0.119. The summed E-state index contributed by atoms with van der Waals surface area (Å²) in [6.45, 7) is 4.78. The molecular weight excluding hydrogens is 560 g/mol. The molecule has 0 saturated heterocycles. The third-order valence-electron chi connectivity index (χ3n) is 9.92. The number of allylic oxidation sites excluding steroid dienone is 4. The summed E-state index contributed by atoms with van der Waals surface area (Å²) >= 11 is 0. The number of nitrogens with one attached hydrogen (secondary N) is 1. The van der Waals surface area contributed by atoms with Crippen molar-refractivity contribution in [2.45, 2.75) is 31.1 Å². The van der Waals surface area contributed by atoms with Crippen molar-refractivity contribution in [1.29, 1.82) is 0 Å². The molecule has 0 radical (unpaired) electrons. The van der Waals surface area contributed by atoms with Crippen molar-refractivity contribution in [3.8, 4) is 34.2 Å². The Morgan fingerprint density at radius 2 is 1.13 bits per heavy atom. The standard InChI is InChI=1S/C42H32N4/c1-41(2)33-21-10-11-22-34(33)42-25-24-32(36(42)37(41)42)31-20-9-12-23-35(31)43-30-19-13-18-29(26-30)40-45-38(27-14-5-3-6-15-27)44-39(46-40)28-16-7-4-8-17-28/h3-24,26,43H,25H2,1-2H3.